The predicted octanol–water partition coefficient (Wildman–Crippen LogP) is 3.78. The number of nitrogens with two attached hydrogens (primary N) is 1. The fraction of sp³-hybridized carbons (Fsp3) is 0.105. The van der Waals surface area contributed by atoms with Crippen LogP contribution in [0.15, 0.2) is 54.9 Å². The SMILES string of the molecule is CCc1ccc(Nc2ncnc(NNC(=O)c3ccccc3Cl)c2N)cc1. The van der Waals surface area contributed by atoms with Gasteiger partial charge in [-0.15, -0.1) is 0 Å². The quantitative estimate of drug-likeness (QED) is 0.483. The zero-order valence-electron chi connectivity index (χ0n) is 14.7. The minimum Gasteiger partial charge on any atom is -0.393 e. The summed E-state index contributed by atoms with van der Waals surface area (Å²) in [6, 6.07) is 14.7. The molecule has 1 heterocycles. The third kappa shape index (κ3) is 4.45. The van der Waals surface area contributed by atoms with Crippen molar-refractivity contribution < 1.29 is 4.79 Å². The van der Waals surface area contributed by atoms with Crippen LogP contribution in [-0.2, 0) is 6.42 Å². The molecule has 1 amide bonds. The Labute approximate surface area is 162 Å². The maximum Gasteiger partial charge on any atom is 0.271 e. The van der Waals surface area contributed by atoms with Crippen LogP contribution in [0.1, 0.15) is 22.8 Å². The molecule has 0 radical (unpaired) electrons. The Morgan fingerprint density at radius 2 is 1.78 bits per heavy atom. The molecule has 5 N–H and O–H groups in total. The van der Waals surface area contributed by atoms with Crippen LogP contribution in [0.2, 0.25) is 5.02 Å². The second-order valence-electron chi connectivity index (χ2n) is 5.72. The molecule has 0 spiro atoms. The number of carbonyl (C=O) groups excluding carboxylic acids is 1. The highest BCUT2D eigenvalue weighted by molar-refractivity contribution is 6.33. The number of carbonyl (C=O) groups is 1. The molecular weight excluding hydrogens is 364 g/mol. The second-order valence-corrected chi connectivity index (χ2v) is 6.13. The van der Waals surface area contributed by atoms with Crippen LogP contribution in [0, 0.1) is 0 Å². The van der Waals surface area contributed by atoms with Gasteiger partial charge in [-0.05, 0) is 36.2 Å². The number of halogens is 1. The largest absolute Gasteiger partial charge is 0.393 e. The average Bonchev–Trinajstić information content (AvgIpc) is 2.69. The second kappa shape index (κ2) is 8.37. The van der Waals surface area contributed by atoms with E-state index >= 15 is 0 Å². The van der Waals surface area contributed by atoms with Gasteiger partial charge in [0.2, 0.25) is 0 Å². The highest BCUT2D eigenvalue weighted by Gasteiger charge is 2.12. The Hall–Kier alpha value is -3.32. The summed E-state index contributed by atoms with van der Waals surface area (Å²) in [6.07, 6.45) is 2.32. The van der Waals surface area contributed by atoms with Gasteiger partial charge < -0.3 is 11.1 Å². The van der Waals surface area contributed by atoms with Crippen molar-refractivity contribution in [3.63, 3.8) is 0 Å². The molecule has 138 valence electrons. The van der Waals surface area contributed by atoms with Crippen LogP contribution in [0.25, 0.3) is 0 Å². The third-order valence-corrected chi connectivity index (χ3v) is 4.25. The maximum atomic E-state index is 12.2. The van der Waals surface area contributed by atoms with Gasteiger partial charge in [0.1, 0.15) is 12.0 Å². The first-order valence-corrected chi connectivity index (χ1v) is 8.73. The van der Waals surface area contributed by atoms with Crippen LogP contribution in [0.5, 0.6) is 0 Å². The molecule has 0 aliphatic heterocycles. The van der Waals surface area contributed by atoms with Crippen molar-refractivity contribution in [2.45, 2.75) is 13.3 Å². The van der Waals surface area contributed by atoms with Crippen LogP contribution in [-0.4, -0.2) is 15.9 Å². The Morgan fingerprint density at radius 1 is 1.07 bits per heavy atom. The summed E-state index contributed by atoms with van der Waals surface area (Å²) in [5.41, 5.74) is 14.1. The van der Waals surface area contributed by atoms with Crippen molar-refractivity contribution in [2.75, 3.05) is 16.5 Å². The maximum absolute atomic E-state index is 12.2. The number of hydrogen-bond acceptors (Lipinski definition) is 6. The van der Waals surface area contributed by atoms with E-state index in [0.29, 0.717) is 16.4 Å². The van der Waals surface area contributed by atoms with E-state index in [0.717, 1.165) is 12.1 Å². The monoisotopic (exact) mass is 382 g/mol. The number of amides is 1. The standard InChI is InChI=1S/C19H19ClN6O/c1-2-12-7-9-13(10-8-12)24-17-16(21)18(23-11-22-17)25-26-19(27)14-5-3-4-6-15(14)20/h3-11H,2,21H2,1H3,(H,26,27)(H2,22,23,24,25). The van der Waals surface area contributed by atoms with Crippen LogP contribution >= 0.6 is 11.6 Å². The number of benzene rings is 2. The van der Waals surface area contributed by atoms with Gasteiger partial charge in [0.25, 0.3) is 5.91 Å². The normalized spacial score (nSPS) is 10.3. The number of nitrogens with zero attached hydrogens (tertiary/aromatic N) is 2. The van der Waals surface area contributed by atoms with Gasteiger partial charge in [0, 0.05) is 5.69 Å². The molecule has 3 rings (SSSR count). The molecule has 0 atom stereocenters. The fourth-order valence-electron chi connectivity index (χ4n) is 2.38. The fourth-order valence-corrected chi connectivity index (χ4v) is 2.61. The molecule has 0 aliphatic carbocycles. The van der Waals surface area contributed by atoms with Crippen molar-refractivity contribution in [3.8, 4) is 0 Å². The highest BCUT2D eigenvalue weighted by Crippen LogP contribution is 2.25. The topological polar surface area (TPSA) is 105 Å². The number of aromatic nitrogens is 2. The lowest BCUT2D eigenvalue weighted by Crippen LogP contribution is -2.30. The minimum absolute atomic E-state index is 0.275. The van der Waals surface area contributed by atoms with E-state index in [2.05, 4.69) is 33.1 Å². The molecule has 0 saturated carbocycles. The van der Waals surface area contributed by atoms with Crippen LogP contribution < -0.4 is 21.9 Å². The number of anilines is 4. The predicted molar refractivity (Wildman–Crippen MR) is 108 cm³/mol. The molecule has 0 fully saturated rings. The average molecular weight is 383 g/mol. The van der Waals surface area contributed by atoms with Crippen LogP contribution in [0.3, 0.4) is 0 Å². The van der Waals surface area contributed by atoms with Crippen LogP contribution in [0.4, 0.5) is 23.0 Å². The molecule has 1 aromatic heterocycles. The lowest BCUT2D eigenvalue weighted by atomic mass is 10.1. The number of hydrogen-bond donors (Lipinski definition) is 4. The van der Waals surface area contributed by atoms with Gasteiger partial charge in [-0.2, -0.15) is 0 Å². The molecule has 7 nitrogen and oxygen atoms in total. The van der Waals surface area contributed by atoms with E-state index in [-0.39, 0.29) is 11.5 Å². The van der Waals surface area contributed by atoms with E-state index in [1.165, 1.54) is 11.9 Å². The zero-order chi connectivity index (χ0) is 19.2. The molecule has 0 bridgehead atoms. The molecule has 3 aromatic rings. The van der Waals surface area contributed by atoms with Gasteiger partial charge in [0.05, 0.1) is 10.6 Å². The number of hydrazine groups is 1. The lowest BCUT2D eigenvalue weighted by molar-refractivity contribution is 0.0962. The van der Waals surface area contributed by atoms with E-state index in [4.69, 9.17) is 17.3 Å². The summed E-state index contributed by atoms with van der Waals surface area (Å²) >= 11 is 6.02. The number of aryl methyl sites for hydroxylation is 1. The van der Waals surface area contributed by atoms with Gasteiger partial charge in [-0.1, -0.05) is 42.8 Å². The lowest BCUT2D eigenvalue weighted by Gasteiger charge is -2.13. The summed E-state index contributed by atoms with van der Waals surface area (Å²) in [6.45, 7) is 2.10. The van der Waals surface area contributed by atoms with Gasteiger partial charge >= 0.3 is 0 Å². The Kier molecular flexibility index (Phi) is 5.73. The van der Waals surface area contributed by atoms with E-state index < -0.39 is 5.91 Å². The smallest absolute Gasteiger partial charge is 0.271 e. The number of nitrogen functional groups attached to an aromatic ring is 1. The molecule has 0 unspecified atom stereocenters. The first-order valence-electron chi connectivity index (χ1n) is 8.35. The van der Waals surface area contributed by atoms with Crippen molar-refractivity contribution in [1.29, 1.82) is 0 Å². The molecule has 2 aromatic carbocycles. The molecular formula is C19H19ClN6O. The summed E-state index contributed by atoms with van der Waals surface area (Å²) in [5, 5.41) is 3.49. The van der Waals surface area contributed by atoms with E-state index in [1.54, 1.807) is 24.3 Å². The molecule has 0 saturated heterocycles. The summed E-state index contributed by atoms with van der Waals surface area (Å²) in [5.74, 6) is 0.310. The Morgan fingerprint density at radius 3 is 2.48 bits per heavy atom. The summed E-state index contributed by atoms with van der Waals surface area (Å²) in [4.78, 5) is 20.4. The summed E-state index contributed by atoms with van der Waals surface area (Å²) in [7, 11) is 0. The van der Waals surface area contributed by atoms with Gasteiger partial charge in [0.15, 0.2) is 11.6 Å². The van der Waals surface area contributed by atoms with E-state index in [9.17, 15) is 4.79 Å². The first kappa shape index (κ1) is 18.5. The highest BCUT2D eigenvalue weighted by atomic mass is 35.5. The molecule has 27 heavy (non-hydrogen) atoms. The number of nitrogens with one attached hydrogen (secondary N) is 3. The Balaban J connectivity index is 1.71. The van der Waals surface area contributed by atoms with Crippen molar-refractivity contribution in [3.05, 3.63) is 71.0 Å². The van der Waals surface area contributed by atoms with Crippen molar-refractivity contribution in [2.24, 2.45) is 0 Å². The van der Waals surface area contributed by atoms with E-state index in [1.807, 2.05) is 24.3 Å². The molecule has 8 heteroatoms. The van der Waals surface area contributed by atoms with Gasteiger partial charge in [-0.25, -0.2) is 9.97 Å². The molecule has 0 aliphatic rings. The van der Waals surface area contributed by atoms with Crippen molar-refractivity contribution in [1.82, 2.24) is 15.4 Å². The number of rotatable bonds is 6. The Bertz CT molecular complexity index is 945. The third-order valence-electron chi connectivity index (χ3n) is 3.92. The minimum atomic E-state index is -0.400. The van der Waals surface area contributed by atoms with Gasteiger partial charge in [-0.3, -0.25) is 15.6 Å². The zero-order valence-corrected chi connectivity index (χ0v) is 15.4. The first-order chi connectivity index (χ1) is 13.1. The summed E-state index contributed by atoms with van der Waals surface area (Å²) < 4.78 is 0. The van der Waals surface area contributed by atoms with Crippen molar-refractivity contribution >= 4 is 40.5 Å².